The van der Waals surface area contributed by atoms with Crippen molar-refractivity contribution in [2.75, 3.05) is 6.61 Å². The summed E-state index contributed by atoms with van der Waals surface area (Å²) in [5.41, 5.74) is 3.61. The molecule has 3 atom stereocenters. The molecule has 2 heterocycles. The van der Waals surface area contributed by atoms with Crippen molar-refractivity contribution in [3.05, 3.63) is 104 Å². The summed E-state index contributed by atoms with van der Waals surface area (Å²) in [5, 5.41) is 1.98. The van der Waals surface area contributed by atoms with E-state index < -0.39 is 30.4 Å². The molecule has 0 radical (unpaired) electrons. The largest absolute Gasteiger partial charge is 0.459 e. The van der Waals surface area contributed by atoms with Crippen LogP contribution in [-0.4, -0.2) is 35.3 Å². The van der Waals surface area contributed by atoms with Crippen molar-refractivity contribution in [2.24, 2.45) is 0 Å². The molecule has 3 aromatic carbocycles. The highest BCUT2D eigenvalue weighted by Gasteiger charge is 2.41. The molecule has 1 saturated heterocycles. The van der Waals surface area contributed by atoms with Gasteiger partial charge in [-0.2, -0.15) is 0 Å². The Bertz CT molecular complexity index is 1500. The van der Waals surface area contributed by atoms with Gasteiger partial charge in [0.25, 0.3) is 0 Å². The fourth-order valence-corrected chi connectivity index (χ4v) is 5.09. The number of carbonyl (C=O) groups is 2. The lowest BCUT2D eigenvalue weighted by Gasteiger charge is -2.19. The summed E-state index contributed by atoms with van der Waals surface area (Å²) in [7, 11) is 0. The Kier molecular flexibility index (Phi) is 7.68. The van der Waals surface area contributed by atoms with Gasteiger partial charge in [-0.15, -0.1) is 0 Å². The highest BCUT2D eigenvalue weighted by molar-refractivity contribution is 6.43. The Morgan fingerprint density at radius 2 is 1.45 bits per heavy atom. The molecule has 0 aliphatic carbocycles. The summed E-state index contributed by atoms with van der Waals surface area (Å²) < 4.78 is 19.5. The van der Waals surface area contributed by atoms with E-state index in [0.29, 0.717) is 26.3 Å². The molecule has 4 aromatic rings. The summed E-state index contributed by atoms with van der Waals surface area (Å²) in [6.07, 6.45) is -1.74. The van der Waals surface area contributed by atoms with Gasteiger partial charge in [0.05, 0.1) is 26.7 Å². The second kappa shape index (κ2) is 11.0. The predicted molar refractivity (Wildman–Crippen MR) is 147 cm³/mol. The second-order valence-corrected chi connectivity index (χ2v) is 10.5. The minimum absolute atomic E-state index is 0.113. The number of halogens is 3. The van der Waals surface area contributed by atoms with E-state index in [-0.39, 0.29) is 13.0 Å². The van der Waals surface area contributed by atoms with Gasteiger partial charge < -0.3 is 18.8 Å². The van der Waals surface area contributed by atoms with E-state index in [1.807, 2.05) is 38.1 Å². The quantitative estimate of drug-likeness (QED) is 0.223. The molecular weight excluding hydrogens is 549 g/mol. The summed E-state index contributed by atoms with van der Waals surface area (Å²) in [4.78, 5) is 25.6. The highest BCUT2D eigenvalue weighted by atomic mass is 35.5. The topological polar surface area (TPSA) is 66.8 Å². The second-order valence-electron chi connectivity index (χ2n) is 9.30. The molecule has 0 spiro atoms. The Morgan fingerprint density at radius 1 is 0.868 bits per heavy atom. The molecular formula is C29H24Cl3NO5. The number of hydrogen-bond acceptors (Lipinski definition) is 5. The molecule has 1 aromatic heterocycles. The average molecular weight is 573 g/mol. The molecule has 1 aliphatic heterocycles. The number of fused-ring (bicyclic) bond motifs is 1. The SMILES string of the molecule is Cc1ccc(C(=O)OC[C@H]2O[C@@H](n3c(Cl)cc4cc(Cl)c(Cl)cc43)C[C@@H]2OC(=O)c2ccc(C)cc2)cc1. The van der Waals surface area contributed by atoms with E-state index in [9.17, 15) is 9.59 Å². The van der Waals surface area contributed by atoms with Crippen LogP contribution in [0.2, 0.25) is 15.2 Å². The maximum absolute atomic E-state index is 13.0. The molecule has 0 N–H and O–H groups in total. The first-order valence-electron chi connectivity index (χ1n) is 12.0. The number of benzene rings is 3. The van der Waals surface area contributed by atoms with Crippen molar-refractivity contribution in [3.8, 4) is 0 Å². The molecule has 0 unspecified atom stereocenters. The van der Waals surface area contributed by atoms with Gasteiger partial charge in [-0.25, -0.2) is 9.59 Å². The number of rotatable bonds is 6. The number of aryl methyl sites for hydroxylation is 2. The van der Waals surface area contributed by atoms with Crippen molar-refractivity contribution >= 4 is 57.6 Å². The maximum atomic E-state index is 13.0. The molecule has 38 heavy (non-hydrogen) atoms. The van der Waals surface area contributed by atoms with Crippen molar-refractivity contribution in [1.29, 1.82) is 0 Å². The van der Waals surface area contributed by atoms with Gasteiger partial charge in [0.15, 0.2) is 0 Å². The lowest BCUT2D eigenvalue weighted by atomic mass is 10.1. The first-order valence-corrected chi connectivity index (χ1v) is 13.2. The van der Waals surface area contributed by atoms with Gasteiger partial charge in [0.1, 0.15) is 30.2 Å². The molecule has 1 fully saturated rings. The summed E-state index contributed by atoms with van der Waals surface area (Å²) >= 11 is 19.1. The fourth-order valence-electron chi connectivity index (χ4n) is 4.44. The van der Waals surface area contributed by atoms with Crippen molar-refractivity contribution in [1.82, 2.24) is 4.57 Å². The van der Waals surface area contributed by atoms with E-state index in [4.69, 9.17) is 49.0 Å². The van der Waals surface area contributed by atoms with Crippen molar-refractivity contribution in [3.63, 3.8) is 0 Å². The van der Waals surface area contributed by atoms with Crippen LogP contribution >= 0.6 is 34.8 Å². The Hall–Kier alpha value is -3.03. The monoisotopic (exact) mass is 571 g/mol. The molecule has 0 saturated carbocycles. The number of aromatic nitrogens is 1. The third-order valence-corrected chi connectivity index (χ3v) is 7.53. The zero-order valence-corrected chi connectivity index (χ0v) is 22.9. The molecule has 9 heteroatoms. The van der Waals surface area contributed by atoms with Gasteiger partial charge >= 0.3 is 11.9 Å². The van der Waals surface area contributed by atoms with E-state index in [0.717, 1.165) is 22.0 Å². The van der Waals surface area contributed by atoms with Crippen LogP contribution in [0.25, 0.3) is 10.9 Å². The molecule has 196 valence electrons. The van der Waals surface area contributed by atoms with Crippen LogP contribution in [0, 0.1) is 13.8 Å². The number of hydrogen-bond donors (Lipinski definition) is 0. The number of ether oxygens (including phenoxy) is 3. The van der Waals surface area contributed by atoms with Crippen LogP contribution in [-0.2, 0) is 14.2 Å². The summed E-state index contributed by atoms with van der Waals surface area (Å²) in [6.45, 7) is 3.76. The van der Waals surface area contributed by atoms with Crippen LogP contribution in [0.4, 0.5) is 0 Å². The zero-order valence-electron chi connectivity index (χ0n) is 20.6. The number of esters is 2. The number of carbonyl (C=O) groups excluding carboxylic acids is 2. The van der Waals surface area contributed by atoms with Gasteiger partial charge in [-0.1, -0.05) is 70.2 Å². The third kappa shape index (κ3) is 5.54. The number of nitrogens with zero attached hydrogens (tertiary/aromatic N) is 1. The van der Waals surface area contributed by atoms with Crippen LogP contribution in [0.3, 0.4) is 0 Å². The Balaban J connectivity index is 1.40. The standard InChI is InChI=1S/C29H24Cl3NO5/c1-16-3-7-18(8-4-16)28(34)36-15-25-24(38-29(35)19-9-5-17(2)6-10-19)14-27(37-25)33-23-13-22(31)21(30)11-20(23)12-26(33)32/h3-13,24-25,27H,14-15H2,1-2H3/t24-,25+,27+/m0/s1. The lowest BCUT2D eigenvalue weighted by Crippen LogP contribution is -2.32. The van der Waals surface area contributed by atoms with E-state index in [1.165, 1.54) is 0 Å². The minimum atomic E-state index is -0.722. The van der Waals surface area contributed by atoms with E-state index in [2.05, 4.69) is 0 Å². The minimum Gasteiger partial charge on any atom is -0.459 e. The van der Waals surface area contributed by atoms with Crippen molar-refractivity contribution in [2.45, 2.75) is 38.7 Å². The fraction of sp³-hybridized carbons (Fsp3) is 0.241. The molecule has 0 bridgehead atoms. The lowest BCUT2D eigenvalue weighted by molar-refractivity contribution is -0.0560. The molecule has 1 aliphatic rings. The van der Waals surface area contributed by atoms with Gasteiger partial charge in [0, 0.05) is 11.8 Å². The van der Waals surface area contributed by atoms with Crippen LogP contribution in [0.5, 0.6) is 0 Å². The summed E-state index contributed by atoms with van der Waals surface area (Å²) in [5.74, 6) is -0.987. The van der Waals surface area contributed by atoms with E-state index >= 15 is 0 Å². The van der Waals surface area contributed by atoms with Gasteiger partial charge in [-0.3, -0.25) is 0 Å². The predicted octanol–water partition coefficient (Wildman–Crippen LogP) is 7.59. The smallest absolute Gasteiger partial charge is 0.338 e. The Morgan fingerprint density at radius 3 is 2.08 bits per heavy atom. The first kappa shape index (κ1) is 26.6. The van der Waals surface area contributed by atoms with Gasteiger partial charge in [-0.05, 0) is 56.3 Å². The summed E-state index contributed by atoms with van der Waals surface area (Å²) in [6, 6.07) is 19.4. The third-order valence-electron chi connectivity index (χ3n) is 6.51. The highest BCUT2D eigenvalue weighted by Crippen LogP contribution is 2.39. The normalized spacial score (nSPS) is 19.0. The van der Waals surface area contributed by atoms with Crippen molar-refractivity contribution < 1.29 is 23.8 Å². The molecule has 0 amide bonds. The van der Waals surface area contributed by atoms with E-state index in [1.54, 1.807) is 47.0 Å². The Labute approximate surface area is 234 Å². The maximum Gasteiger partial charge on any atom is 0.338 e. The van der Waals surface area contributed by atoms with Gasteiger partial charge in [0.2, 0.25) is 0 Å². The van der Waals surface area contributed by atoms with Crippen LogP contribution in [0.1, 0.15) is 44.5 Å². The average Bonchev–Trinajstić information content (AvgIpc) is 3.42. The zero-order chi connectivity index (χ0) is 27.0. The molecule has 6 nitrogen and oxygen atoms in total. The van der Waals surface area contributed by atoms with Crippen LogP contribution in [0.15, 0.2) is 66.7 Å². The van der Waals surface area contributed by atoms with Crippen LogP contribution < -0.4 is 0 Å². The first-order chi connectivity index (χ1) is 18.2. The molecule has 5 rings (SSSR count).